The van der Waals surface area contributed by atoms with Crippen molar-refractivity contribution in [2.24, 2.45) is 5.92 Å². The molecule has 3 aromatic rings. The quantitative estimate of drug-likeness (QED) is 0.635. The molecular weight excluding hydrogens is 418 g/mol. The number of carbonyl (C=O) groups excluding carboxylic acids is 1. The summed E-state index contributed by atoms with van der Waals surface area (Å²) in [5.74, 6) is 1.82. The molecule has 9 nitrogen and oxygen atoms in total. The van der Waals surface area contributed by atoms with Crippen LogP contribution in [-0.2, 0) is 4.74 Å². The Balaban J connectivity index is 1.14. The number of rotatable bonds is 5. The Morgan fingerprint density at radius 2 is 2.06 bits per heavy atom. The second-order valence-electron chi connectivity index (χ2n) is 8.50. The van der Waals surface area contributed by atoms with Crippen molar-refractivity contribution in [3.05, 3.63) is 60.6 Å². The molecule has 33 heavy (non-hydrogen) atoms. The van der Waals surface area contributed by atoms with E-state index >= 15 is 0 Å². The first-order valence-electron chi connectivity index (χ1n) is 11.0. The van der Waals surface area contributed by atoms with E-state index in [4.69, 9.17) is 10.00 Å². The zero-order chi connectivity index (χ0) is 22.7. The number of pyridine rings is 2. The summed E-state index contributed by atoms with van der Waals surface area (Å²) in [6.45, 7) is 1.33. The fourth-order valence-electron chi connectivity index (χ4n) is 4.46. The number of nitrogens with zero attached hydrogens (tertiary/aromatic N) is 6. The molecule has 5 rings (SSSR count). The standard InChI is InChI=1S/C24H23N7O2/c25-13-19-3-1-4-20(29-19)18-6-7-21(27-15-18)26-14-17-8-10-24(11-9-17)16-31(23(32)33-24)22-5-2-12-28-30-22/h1-7,12,15,17H,8-11,14,16H2,(H,26,27). The summed E-state index contributed by atoms with van der Waals surface area (Å²) in [6, 6.07) is 14.8. The molecule has 3 aromatic heterocycles. The van der Waals surface area contributed by atoms with Gasteiger partial charge in [0.2, 0.25) is 0 Å². The van der Waals surface area contributed by atoms with Crippen molar-refractivity contribution in [1.82, 2.24) is 20.2 Å². The molecule has 0 unspecified atom stereocenters. The SMILES string of the molecule is N#Cc1cccc(-c2ccc(NCC3CCC4(CC3)CN(c3cccnn3)C(=O)O4)nc2)n1. The van der Waals surface area contributed by atoms with E-state index < -0.39 is 5.60 Å². The fourth-order valence-corrected chi connectivity index (χ4v) is 4.46. The predicted octanol–water partition coefficient (Wildman–Crippen LogP) is 3.80. The number of ether oxygens (including phenoxy) is 1. The van der Waals surface area contributed by atoms with Crippen LogP contribution in [0.2, 0.25) is 0 Å². The van der Waals surface area contributed by atoms with Crippen molar-refractivity contribution in [2.45, 2.75) is 31.3 Å². The maximum atomic E-state index is 12.4. The number of aromatic nitrogens is 4. The lowest BCUT2D eigenvalue weighted by atomic mass is 9.78. The Labute approximate surface area is 191 Å². The van der Waals surface area contributed by atoms with Gasteiger partial charge in [-0.15, -0.1) is 5.10 Å². The average molecular weight is 441 g/mol. The molecule has 0 aromatic carbocycles. The first kappa shape index (κ1) is 20.8. The molecule has 1 aliphatic heterocycles. The van der Waals surface area contributed by atoms with Gasteiger partial charge in [-0.25, -0.2) is 14.8 Å². The van der Waals surface area contributed by atoms with Crippen LogP contribution in [0.5, 0.6) is 0 Å². The van der Waals surface area contributed by atoms with Gasteiger partial charge in [0, 0.05) is 24.5 Å². The first-order chi connectivity index (χ1) is 16.1. The van der Waals surface area contributed by atoms with Gasteiger partial charge in [0.25, 0.3) is 0 Å². The highest BCUT2D eigenvalue weighted by atomic mass is 16.6. The van der Waals surface area contributed by atoms with Gasteiger partial charge in [-0.2, -0.15) is 10.4 Å². The molecule has 4 heterocycles. The molecule has 2 aliphatic rings. The molecule has 1 aliphatic carbocycles. The second-order valence-corrected chi connectivity index (χ2v) is 8.50. The third-order valence-electron chi connectivity index (χ3n) is 6.32. The second kappa shape index (κ2) is 8.82. The molecular formula is C24H23N7O2. The van der Waals surface area contributed by atoms with Crippen LogP contribution in [0.4, 0.5) is 16.4 Å². The zero-order valence-corrected chi connectivity index (χ0v) is 18.0. The Bertz CT molecular complexity index is 1170. The highest BCUT2D eigenvalue weighted by molar-refractivity contribution is 5.89. The summed E-state index contributed by atoms with van der Waals surface area (Å²) in [6.07, 6.45) is 6.61. The lowest BCUT2D eigenvalue weighted by Crippen LogP contribution is -2.39. The highest BCUT2D eigenvalue weighted by Crippen LogP contribution is 2.40. The van der Waals surface area contributed by atoms with E-state index in [2.05, 4.69) is 31.6 Å². The number of nitriles is 1. The van der Waals surface area contributed by atoms with Crippen LogP contribution in [0.15, 0.2) is 54.9 Å². The fraction of sp³-hybridized carbons (Fsp3) is 0.333. The van der Waals surface area contributed by atoms with Gasteiger partial charge in [0.1, 0.15) is 23.2 Å². The molecule has 0 bridgehead atoms. The minimum atomic E-state index is -0.435. The number of hydrogen-bond acceptors (Lipinski definition) is 8. The monoisotopic (exact) mass is 441 g/mol. The minimum Gasteiger partial charge on any atom is -0.441 e. The maximum absolute atomic E-state index is 12.4. The van der Waals surface area contributed by atoms with Gasteiger partial charge in [-0.05, 0) is 68.0 Å². The molecule has 166 valence electrons. The third-order valence-corrected chi connectivity index (χ3v) is 6.32. The molecule has 1 saturated carbocycles. The molecule has 1 saturated heterocycles. The normalized spacial score (nSPS) is 22.1. The summed E-state index contributed by atoms with van der Waals surface area (Å²) in [5, 5.41) is 20.3. The predicted molar refractivity (Wildman–Crippen MR) is 121 cm³/mol. The van der Waals surface area contributed by atoms with Crippen LogP contribution in [0, 0.1) is 17.2 Å². The van der Waals surface area contributed by atoms with Crippen molar-refractivity contribution < 1.29 is 9.53 Å². The molecule has 2 fully saturated rings. The lowest BCUT2D eigenvalue weighted by molar-refractivity contribution is 0.0148. The van der Waals surface area contributed by atoms with E-state index in [0.29, 0.717) is 24.0 Å². The zero-order valence-electron chi connectivity index (χ0n) is 18.0. The lowest BCUT2D eigenvalue weighted by Gasteiger charge is -2.35. The molecule has 1 amide bonds. The van der Waals surface area contributed by atoms with E-state index in [0.717, 1.165) is 49.3 Å². The van der Waals surface area contributed by atoms with E-state index in [-0.39, 0.29) is 6.09 Å². The summed E-state index contributed by atoms with van der Waals surface area (Å²) >= 11 is 0. The van der Waals surface area contributed by atoms with Crippen molar-refractivity contribution in [2.75, 3.05) is 23.3 Å². The van der Waals surface area contributed by atoms with E-state index in [1.807, 2.05) is 24.3 Å². The number of amides is 1. The van der Waals surface area contributed by atoms with Crippen LogP contribution in [-0.4, -0.2) is 44.9 Å². The molecule has 1 spiro atoms. The van der Waals surface area contributed by atoms with E-state index in [9.17, 15) is 4.79 Å². The van der Waals surface area contributed by atoms with Crippen molar-refractivity contribution in [3.63, 3.8) is 0 Å². The van der Waals surface area contributed by atoms with E-state index in [1.54, 1.807) is 35.5 Å². The maximum Gasteiger partial charge on any atom is 0.416 e. The van der Waals surface area contributed by atoms with Gasteiger partial charge < -0.3 is 10.1 Å². The van der Waals surface area contributed by atoms with Crippen molar-refractivity contribution in [1.29, 1.82) is 5.26 Å². The Morgan fingerprint density at radius 3 is 2.79 bits per heavy atom. The van der Waals surface area contributed by atoms with Gasteiger partial charge in [0.05, 0.1) is 12.2 Å². The topological polar surface area (TPSA) is 117 Å². The van der Waals surface area contributed by atoms with Crippen LogP contribution in [0.25, 0.3) is 11.3 Å². The van der Waals surface area contributed by atoms with Crippen molar-refractivity contribution >= 4 is 17.7 Å². The van der Waals surface area contributed by atoms with E-state index in [1.165, 1.54) is 0 Å². The average Bonchev–Trinajstić information content (AvgIpc) is 3.20. The molecule has 9 heteroatoms. The number of hydrogen-bond donors (Lipinski definition) is 1. The van der Waals surface area contributed by atoms with Gasteiger partial charge in [-0.1, -0.05) is 6.07 Å². The Kier molecular flexibility index (Phi) is 5.57. The first-order valence-corrected chi connectivity index (χ1v) is 11.0. The minimum absolute atomic E-state index is 0.342. The molecule has 1 N–H and O–H groups in total. The van der Waals surface area contributed by atoms with Crippen LogP contribution >= 0.6 is 0 Å². The largest absolute Gasteiger partial charge is 0.441 e. The number of anilines is 2. The third kappa shape index (κ3) is 4.46. The van der Waals surface area contributed by atoms with Crippen LogP contribution < -0.4 is 10.2 Å². The summed E-state index contributed by atoms with van der Waals surface area (Å²) in [5.41, 5.74) is 1.55. The van der Waals surface area contributed by atoms with Gasteiger partial charge in [-0.3, -0.25) is 4.90 Å². The smallest absolute Gasteiger partial charge is 0.416 e. The van der Waals surface area contributed by atoms with Crippen LogP contribution in [0.1, 0.15) is 31.4 Å². The molecule has 0 radical (unpaired) electrons. The Hall–Kier alpha value is -4.06. The highest BCUT2D eigenvalue weighted by Gasteiger charge is 2.48. The summed E-state index contributed by atoms with van der Waals surface area (Å²) in [7, 11) is 0. The van der Waals surface area contributed by atoms with Gasteiger partial charge >= 0.3 is 6.09 Å². The number of carbonyl (C=O) groups is 1. The van der Waals surface area contributed by atoms with Gasteiger partial charge in [0.15, 0.2) is 5.82 Å². The van der Waals surface area contributed by atoms with Crippen molar-refractivity contribution in [3.8, 4) is 17.3 Å². The summed E-state index contributed by atoms with van der Waals surface area (Å²) < 4.78 is 5.80. The summed E-state index contributed by atoms with van der Waals surface area (Å²) in [4.78, 5) is 22.8. The number of nitrogens with one attached hydrogen (secondary N) is 1. The Morgan fingerprint density at radius 1 is 1.18 bits per heavy atom. The molecule has 0 atom stereocenters. The van der Waals surface area contributed by atoms with Crippen LogP contribution in [0.3, 0.4) is 0 Å².